The fraction of sp³-hybridized carbons (Fsp3) is 0.550. The van der Waals surface area contributed by atoms with E-state index in [1.807, 2.05) is 30.3 Å². The van der Waals surface area contributed by atoms with E-state index in [4.69, 9.17) is 18.9 Å². The summed E-state index contributed by atoms with van der Waals surface area (Å²) in [5, 5.41) is 70.3. The summed E-state index contributed by atoms with van der Waals surface area (Å²) in [5.41, 5.74) is 2.64. The van der Waals surface area contributed by atoms with Crippen molar-refractivity contribution >= 4 is 23.9 Å². The van der Waals surface area contributed by atoms with Crippen molar-refractivity contribution in [3.8, 4) is 5.75 Å². The number of hydrogen-bond acceptors (Lipinski definition) is 14. The Morgan fingerprint density at radius 3 is 2.41 bits per heavy atom. The molecule has 1 aromatic heterocycles. The van der Waals surface area contributed by atoms with Crippen LogP contribution in [0.15, 0.2) is 48.7 Å². The van der Waals surface area contributed by atoms with E-state index in [1.54, 1.807) is 20.0 Å². The third-order valence-corrected chi connectivity index (χ3v) is 10.4. The molecule has 2 aromatic carbocycles. The van der Waals surface area contributed by atoms with Crippen LogP contribution in [0, 0.1) is 13.8 Å². The van der Waals surface area contributed by atoms with Crippen molar-refractivity contribution in [3.63, 3.8) is 0 Å². The second-order valence-electron chi connectivity index (χ2n) is 14.9. The van der Waals surface area contributed by atoms with E-state index in [0.717, 1.165) is 43.4 Å². The number of carbonyl (C=O) groups is 4. The Kier molecular flexibility index (Phi) is 16.1. The molecule has 322 valence electrons. The van der Waals surface area contributed by atoms with Gasteiger partial charge in [-0.15, -0.1) is 5.10 Å². The van der Waals surface area contributed by atoms with E-state index in [-0.39, 0.29) is 56.7 Å². The summed E-state index contributed by atoms with van der Waals surface area (Å²) in [6.45, 7) is 1.96. The zero-order chi connectivity index (χ0) is 42.5. The fourth-order valence-corrected chi connectivity index (χ4v) is 7.16. The number of carbonyl (C=O) groups excluding carboxylic acids is 3. The number of aliphatic carboxylic acids is 1. The van der Waals surface area contributed by atoms with Crippen molar-refractivity contribution in [1.29, 1.82) is 0 Å². The summed E-state index contributed by atoms with van der Waals surface area (Å²) in [6.07, 6.45) is -1.71. The van der Waals surface area contributed by atoms with Gasteiger partial charge in [0.05, 0.1) is 43.8 Å². The predicted octanol–water partition coefficient (Wildman–Crippen LogP) is 1.18. The zero-order valence-corrected chi connectivity index (χ0v) is 33.1. The van der Waals surface area contributed by atoms with Crippen molar-refractivity contribution in [2.75, 3.05) is 32.9 Å². The van der Waals surface area contributed by atoms with Crippen molar-refractivity contribution in [2.45, 2.75) is 108 Å². The maximum absolute atomic E-state index is 13.4. The number of nitrogens with zero attached hydrogens (tertiary/aromatic N) is 3. The number of phenols is 1. The van der Waals surface area contributed by atoms with Gasteiger partial charge in [-0.3, -0.25) is 9.59 Å². The van der Waals surface area contributed by atoms with Crippen molar-refractivity contribution in [2.24, 2.45) is 0 Å². The number of amides is 3. The summed E-state index contributed by atoms with van der Waals surface area (Å²) in [7, 11) is 0. The fourth-order valence-electron chi connectivity index (χ4n) is 7.16. The van der Waals surface area contributed by atoms with Crippen LogP contribution in [-0.2, 0) is 41.7 Å². The monoisotopic (exact) mass is 826 g/mol. The largest absolute Gasteiger partial charge is 0.507 e. The number of aliphatic hydroxyl groups excluding tert-OH is 3. The van der Waals surface area contributed by atoms with E-state index >= 15 is 0 Å². The Bertz CT molecular complexity index is 1850. The second kappa shape index (κ2) is 21.2. The number of rotatable bonds is 19. The Hall–Kier alpha value is -5.18. The van der Waals surface area contributed by atoms with Crippen LogP contribution >= 0.6 is 0 Å². The lowest BCUT2D eigenvalue weighted by Gasteiger charge is -2.46. The molecular weight excluding hydrogens is 772 g/mol. The van der Waals surface area contributed by atoms with E-state index in [1.165, 1.54) is 16.8 Å². The lowest BCUT2D eigenvalue weighted by atomic mass is 9.87. The molecule has 2 fully saturated rings. The first kappa shape index (κ1) is 44.9. The molecule has 8 N–H and O–H groups in total. The molecule has 1 saturated heterocycles. The SMILES string of the molecule is Cc1cc(C(=O)NC[C@@H](O)[C@@H](O)C2O[C@@](OCCOCCNC(=O)OCc3ccccc3)(C(=O)O)C[C@H](O)[C@H]2NC(=O)Cn2cc(C3CCCCC3)nn2)cc(C)c1O. The zero-order valence-electron chi connectivity index (χ0n) is 33.1. The summed E-state index contributed by atoms with van der Waals surface area (Å²) < 4.78 is 23.5. The first-order valence-corrected chi connectivity index (χ1v) is 19.7. The number of aromatic hydroxyl groups is 1. The van der Waals surface area contributed by atoms with Gasteiger partial charge in [-0.25, -0.2) is 14.3 Å². The normalized spacial score (nSPS) is 21.9. The molecule has 59 heavy (non-hydrogen) atoms. The quantitative estimate of drug-likeness (QED) is 0.0789. The van der Waals surface area contributed by atoms with Crippen molar-refractivity contribution < 1.29 is 63.7 Å². The smallest absolute Gasteiger partial charge is 0.407 e. The molecule has 0 radical (unpaired) electrons. The molecular formula is C40H54N6O13. The molecule has 2 heterocycles. The van der Waals surface area contributed by atoms with E-state index in [9.17, 15) is 44.7 Å². The summed E-state index contributed by atoms with van der Waals surface area (Å²) >= 11 is 0. The van der Waals surface area contributed by atoms with E-state index in [0.29, 0.717) is 11.1 Å². The van der Waals surface area contributed by atoms with Crippen LogP contribution in [0.1, 0.15) is 77.2 Å². The number of nitrogens with one attached hydrogen (secondary N) is 3. The molecule has 6 atom stereocenters. The number of ether oxygens (including phenoxy) is 4. The molecule has 19 heteroatoms. The van der Waals surface area contributed by atoms with Crippen molar-refractivity contribution in [3.05, 3.63) is 76.6 Å². The highest BCUT2D eigenvalue weighted by Gasteiger charge is 2.56. The van der Waals surface area contributed by atoms with Crippen LogP contribution in [0.5, 0.6) is 5.75 Å². The average Bonchev–Trinajstić information content (AvgIpc) is 3.69. The Balaban J connectivity index is 1.21. The number of aromatic nitrogens is 3. The Labute approximate surface area is 341 Å². The lowest BCUT2D eigenvalue weighted by molar-refractivity contribution is -0.312. The molecule has 0 bridgehead atoms. The standard InChI is InChI=1S/C40H54N6O13/c1-24-17-28(18-25(2)34(24)50)37(52)42-20-31(48)35(51)36-33(43-32(49)22-46-21-29(44-45-46)27-11-7-4-8-12-27)30(47)19-40(59-36,38(53)54)58-16-15-56-14-13-41-39(55)57-23-26-9-5-3-6-10-26/h3,5-6,9-10,17-18,21,27,30-31,33,35-36,47-48,50-51H,4,7-8,11-16,19-20,22-23H2,1-2H3,(H,41,55)(H,42,52)(H,43,49)(H,53,54)/t30-,31+,33+,35+,36?,40+/m0/s1. The van der Waals surface area contributed by atoms with Crippen LogP contribution in [0.3, 0.4) is 0 Å². The van der Waals surface area contributed by atoms with Gasteiger partial charge in [-0.1, -0.05) is 54.8 Å². The number of aryl methyl sites for hydroxylation is 2. The predicted molar refractivity (Wildman–Crippen MR) is 207 cm³/mol. The average molecular weight is 827 g/mol. The minimum absolute atomic E-state index is 0.0118. The van der Waals surface area contributed by atoms with E-state index in [2.05, 4.69) is 26.3 Å². The van der Waals surface area contributed by atoms with Gasteiger partial charge in [0.15, 0.2) is 0 Å². The lowest BCUT2D eigenvalue weighted by Crippen LogP contribution is -2.68. The molecule has 3 amide bonds. The highest BCUT2D eigenvalue weighted by Crippen LogP contribution is 2.34. The number of alkyl carbamates (subject to hydrolysis) is 1. The molecule has 5 rings (SSSR count). The number of aliphatic hydroxyl groups is 3. The Morgan fingerprint density at radius 1 is 1.00 bits per heavy atom. The van der Waals surface area contributed by atoms with Crippen LogP contribution in [0.25, 0.3) is 0 Å². The topological polar surface area (TPSA) is 273 Å². The van der Waals surface area contributed by atoms with Gasteiger partial charge < -0.3 is 60.4 Å². The molecule has 19 nitrogen and oxygen atoms in total. The summed E-state index contributed by atoms with van der Waals surface area (Å²) in [4.78, 5) is 51.0. The third kappa shape index (κ3) is 12.4. The van der Waals surface area contributed by atoms with Crippen molar-refractivity contribution in [1.82, 2.24) is 30.9 Å². The Morgan fingerprint density at radius 2 is 1.71 bits per heavy atom. The molecule has 1 aliphatic carbocycles. The molecule has 0 spiro atoms. The summed E-state index contributed by atoms with van der Waals surface area (Å²) in [6, 6.07) is 10.5. The molecule has 1 unspecified atom stereocenters. The minimum Gasteiger partial charge on any atom is -0.507 e. The van der Waals surface area contributed by atoms with Gasteiger partial charge in [0.2, 0.25) is 5.91 Å². The third-order valence-electron chi connectivity index (χ3n) is 10.4. The minimum atomic E-state index is -2.57. The van der Waals surface area contributed by atoms with Gasteiger partial charge in [0.1, 0.15) is 31.1 Å². The summed E-state index contributed by atoms with van der Waals surface area (Å²) in [5.74, 6) is -5.29. The molecule has 3 aromatic rings. The number of phenolic OH excluding ortho intramolecular Hbond substituents is 1. The second-order valence-corrected chi connectivity index (χ2v) is 14.9. The number of benzene rings is 2. The number of carboxylic acids is 1. The van der Waals surface area contributed by atoms with Crippen LogP contribution in [0.2, 0.25) is 0 Å². The van der Waals surface area contributed by atoms with Gasteiger partial charge in [0, 0.05) is 37.2 Å². The maximum Gasteiger partial charge on any atom is 0.407 e. The number of hydrogen-bond donors (Lipinski definition) is 8. The van der Waals surface area contributed by atoms with Crippen LogP contribution in [0.4, 0.5) is 4.79 Å². The number of carboxylic acid groups (broad SMARTS) is 1. The van der Waals surface area contributed by atoms with Gasteiger partial charge in [0.25, 0.3) is 11.7 Å². The van der Waals surface area contributed by atoms with Gasteiger partial charge in [-0.2, -0.15) is 0 Å². The van der Waals surface area contributed by atoms with Crippen LogP contribution < -0.4 is 16.0 Å². The van der Waals surface area contributed by atoms with Gasteiger partial charge >= 0.3 is 12.1 Å². The van der Waals surface area contributed by atoms with Crippen LogP contribution in [-0.4, -0.2) is 134 Å². The van der Waals surface area contributed by atoms with E-state index < -0.39 is 73.1 Å². The highest BCUT2D eigenvalue weighted by molar-refractivity contribution is 5.95. The molecule has 2 aliphatic rings. The van der Waals surface area contributed by atoms with Gasteiger partial charge in [-0.05, 0) is 55.5 Å². The highest BCUT2D eigenvalue weighted by atomic mass is 16.7. The first-order chi connectivity index (χ1) is 28.3. The maximum atomic E-state index is 13.4. The molecule has 1 saturated carbocycles. The first-order valence-electron chi connectivity index (χ1n) is 19.7. The molecule has 1 aliphatic heterocycles.